The lowest BCUT2D eigenvalue weighted by atomic mass is 10.3. The number of hydrogen-bond acceptors (Lipinski definition) is 5. The number of carbonyl (C=O) groups is 1. The summed E-state index contributed by atoms with van der Waals surface area (Å²) in [5.41, 5.74) is -1.16. The quantitative estimate of drug-likeness (QED) is 0.586. The number of rotatable bonds is 6. The topological polar surface area (TPSA) is 118 Å². The van der Waals surface area contributed by atoms with Gasteiger partial charge in [-0.15, -0.1) is 0 Å². The summed E-state index contributed by atoms with van der Waals surface area (Å²) in [7, 11) is -4.41. The first-order chi connectivity index (χ1) is 9.70. The Hall–Kier alpha value is -2.07. The normalized spacial score (nSPS) is 12.7. The molecule has 0 aliphatic carbocycles. The number of nitrogens with zero attached hydrogens (tertiary/aromatic N) is 1. The molecule has 0 saturated heterocycles. The lowest BCUT2D eigenvalue weighted by molar-refractivity contribution is -0.390. The summed E-state index contributed by atoms with van der Waals surface area (Å²) in [6.45, 7) is 3.22. The van der Waals surface area contributed by atoms with Crippen molar-refractivity contribution < 1.29 is 22.5 Å². The Bertz CT molecular complexity index is 662. The first-order valence-corrected chi connectivity index (χ1v) is 7.42. The van der Waals surface area contributed by atoms with Crippen LogP contribution in [0.15, 0.2) is 23.1 Å². The molecule has 1 amide bonds. The van der Waals surface area contributed by atoms with Crippen LogP contribution in [0, 0.1) is 15.9 Å². The second-order valence-corrected chi connectivity index (χ2v) is 5.76. The monoisotopic (exact) mass is 319 g/mol. The van der Waals surface area contributed by atoms with Crippen molar-refractivity contribution in [1.82, 2.24) is 10.0 Å². The third-order valence-electron chi connectivity index (χ3n) is 2.50. The Labute approximate surface area is 120 Å². The number of para-hydroxylation sites is 1. The highest BCUT2D eigenvalue weighted by Gasteiger charge is 2.31. The highest BCUT2D eigenvalue weighted by Crippen LogP contribution is 2.26. The third-order valence-corrected chi connectivity index (χ3v) is 4.07. The van der Waals surface area contributed by atoms with Crippen LogP contribution >= 0.6 is 0 Å². The maximum absolute atomic E-state index is 13.4. The van der Waals surface area contributed by atoms with Crippen LogP contribution in [0.3, 0.4) is 0 Å². The number of amides is 1. The van der Waals surface area contributed by atoms with E-state index in [9.17, 15) is 27.7 Å². The number of likely N-dealkylation sites (N-methyl/N-ethyl adjacent to an activating group) is 1. The van der Waals surface area contributed by atoms with Crippen LogP contribution in [0.1, 0.15) is 13.8 Å². The molecule has 0 aliphatic heterocycles. The van der Waals surface area contributed by atoms with Gasteiger partial charge < -0.3 is 5.32 Å². The molecule has 0 fully saturated rings. The number of halogens is 1. The molecular formula is C11H14FN3O5S. The van der Waals surface area contributed by atoms with Crippen molar-refractivity contribution in [3.8, 4) is 0 Å². The molecule has 1 unspecified atom stereocenters. The number of benzene rings is 1. The minimum atomic E-state index is -4.41. The van der Waals surface area contributed by atoms with Gasteiger partial charge in [-0.3, -0.25) is 14.9 Å². The van der Waals surface area contributed by atoms with Gasteiger partial charge in [0.05, 0.1) is 11.0 Å². The molecule has 0 aromatic heterocycles. The third kappa shape index (κ3) is 3.95. The van der Waals surface area contributed by atoms with Gasteiger partial charge in [0, 0.05) is 6.54 Å². The average Bonchev–Trinajstić information content (AvgIpc) is 2.37. The van der Waals surface area contributed by atoms with Crippen molar-refractivity contribution >= 4 is 21.6 Å². The van der Waals surface area contributed by atoms with E-state index in [4.69, 9.17) is 0 Å². The van der Waals surface area contributed by atoms with Crippen LogP contribution in [0.25, 0.3) is 0 Å². The average molecular weight is 319 g/mol. The van der Waals surface area contributed by atoms with Gasteiger partial charge in [-0.05, 0) is 26.0 Å². The number of nitro groups is 1. The van der Waals surface area contributed by atoms with E-state index in [1.54, 1.807) is 6.92 Å². The van der Waals surface area contributed by atoms with Gasteiger partial charge in [-0.1, -0.05) is 6.07 Å². The van der Waals surface area contributed by atoms with Gasteiger partial charge in [-0.2, -0.15) is 9.11 Å². The van der Waals surface area contributed by atoms with Crippen LogP contribution < -0.4 is 10.0 Å². The van der Waals surface area contributed by atoms with E-state index in [0.29, 0.717) is 6.54 Å². The Morgan fingerprint density at radius 3 is 2.62 bits per heavy atom. The zero-order valence-corrected chi connectivity index (χ0v) is 12.1. The van der Waals surface area contributed by atoms with E-state index in [2.05, 4.69) is 5.32 Å². The maximum Gasteiger partial charge on any atom is 0.324 e. The van der Waals surface area contributed by atoms with Crippen LogP contribution in [-0.2, 0) is 14.8 Å². The molecule has 0 radical (unpaired) electrons. The molecule has 0 saturated carbocycles. The maximum atomic E-state index is 13.4. The number of nitrogens with one attached hydrogen (secondary N) is 2. The van der Waals surface area contributed by atoms with Gasteiger partial charge in [0.2, 0.25) is 21.7 Å². The highest BCUT2D eigenvalue weighted by molar-refractivity contribution is 7.89. The number of hydrogen-bond donors (Lipinski definition) is 2. The van der Waals surface area contributed by atoms with Gasteiger partial charge in [0.25, 0.3) is 0 Å². The zero-order chi connectivity index (χ0) is 16.2. The Morgan fingerprint density at radius 2 is 2.10 bits per heavy atom. The molecule has 0 aliphatic rings. The number of carbonyl (C=O) groups excluding carboxylic acids is 1. The van der Waals surface area contributed by atoms with Crippen molar-refractivity contribution in [3.63, 3.8) is 0 Å². The lowest BCUT2D eigenvalue weighted by Gasteiger charge is -2.13. The minimum Gasteiger partial charge on any atom is -0.355 e. The zero-order valence-electron chi connectivity index (χ0n) is 11.3. The van der Waals surface area contributed by atoms with Gasteiger partial charge in [0.1, 0.15) is 0 Å². The van der Waals surface area contributed by atoms with Crippen LogP contribution in [-0.4, -0.2) is 31.8 Å². The summed E-state index contributed by atoms with van der Waals surface area (Å²) in [6.07, 6.45) is 0. The largest absolute Gasteiger partial charge is 0.355 e. The Kier molecular flexibility index (Phi) is 5.33. The number of nitro benzene ring substituents is 1. The van der Waals surface area contributed by atoms with Gasteiger partial charge >= 0.3 is 5.69 Å². The summed E-state index contributed by atoms with van der Waals surface area (Å²) in [4.78, 5) is 20.3. The van der Waals surface area contributed by atoms with Crippen LogP contribution in [0.5, 0.6) is 0 Å². The fraction of sp³-hybridized carbons (Fsp3) is 0.364. The molecule has 0 heterocycles. The fourth-order valence-corrected chi connectivity index (χ4v) is 2.95. The molecule has 10 heteroatoms. The molecule has 21 heavy (non-hydrogen) atoms. The van der Waals surface area contributed by atoms with Crippen molar-refractivity contribution in [2.24, 2.45) is 0 Å². The molecule has 2 N–H and O–H groups in total. The smallest absolute Gasteiger partial charge is 0.324 e. The SMILES string of the molecule is CCNC(=O)C(C)NS(=O)(=O)c1cccc(F)c1[N+](=O)[O-]. The lowest BCUT2D eigenvalue weighted by Crippen LogP contribution is -2.44. The minimum absolute atomic E-state index is 0.297. The van der Waals surface area contributed by atoms with Crippen molar-refractivity contribution in [2.45, 2.75) is 24.8 Å². The summed E-state index contributed by atoms with van der Waals surface area (Å²) < 4.78 is 39.5. The second-order valence-electron chi connectivity index (χ2n) is 4.08. The summed E-state index contributed by atoms with van der Waals surface area (Å²) in [5.74, 6) is -1.87. The first kappa shape index (κ1) is 17.0. The summed E-state index contributed by atoms with van der Waals surface area (Å²) in [5, 5.41) is 13.2. The summed E-state index contributed by atoms with van der Waals surface area (Å²) in [6, 6.07) is 1.56. The molecule has 8 nitrogen and oxygen atoms in total. The van der Waals surface area contributed by atoms with E-state index >= 15 is 0 Å². The van der Waals surface area contributed by atoms with E-state index in [1.165, 1.54) is 6.92 Å². The van der Waals surface area contributed by atoms with Crippen molar-refractivity contribution in [3.05, 3.63) is 34.1 Å². The molecule has 0 bridgehead atoms. The van der Waals surface area contributed by atoms with E-state index in [1.807, 2.05) is 4.72 Å². The predicted molar refractivity (Wildman–Crippen MR) is 71.5 cm³/mol. The Morgan fingerprint density at radius 1 is 1.48 bits per heavy atom. The predicted octanol–water partition coefficient (Wildman–Crippen LogP) is 0.537. The van der Waals surface area contributed by atoms with Crippen molar-refractivity contribution in [1.29, 1.82) is 0 Å². The van der Waals surface area contributed by atoms with E-state index in [0.717, 1.165) is 18.2 Å². The van der Waals surface area contributed by atoms with Crippen LogP contribution in [0.4, 0.5) is 10.1 Å². The summed E-state index contributed by atoms with van der Waals surface area (Å²) >= 11 is 0. The van der Waals surface area contributed by atoms with Crippen LogP contribution in [0.2, 0.25) is 0 Å². The Balaban J connectivity index is 3.18. The molecule has 1 rings (SSSR count). The fourth-order valence-electron chi connectivity index (χ4n) is 1.57. The molecule has 1 aromatic carbocycles. The van der Waals surface area contributed by atoms with E-state index in [-0.39, 0.29) is 0 Å². The molecular weight excluding hydrogens is 305 g/mol. The number of sulfonamides is 1. The second kappa shape index (κ2) is 6.59. The molecule has 0 spiro atoms. The van der Waals surface area contributed by atoms with E-state index < -0.39 is 43.3 Å². The van der Waals surface area contributed by atoms with Crippen molar-refractivity contribution in [2.75, 3.05) is 6.54 Å². The van der Waals surface area contributed by atoms with Gasteiger partial charge in [-0.25, -0.2) is 8.42 Å². The molecule has 116 valence electrons. The highest BCUT2D eigenvalue weighted by atomic mass is 32.2. The molecule has 1 atom stereocenters. The first-order valence-electron chi connectivity index (χ1n) is 5.93. The molecule has 1 aromatic rings. The van der Waals surface area contributed by atoms with Gasteiger partial charge in [0.15, 0.2) is 4.90 Å². The standard InChI is InChI=1S/C11H14FN3O5S/c1-3-13-11(16)7(2)14-21(19,20)9-6-4-5-8(12)10(9)15(17)18/h4-7,14H,3H2,1-2H3,(H,13,16).